The lowest BCUT2D eigenvalue weighted by atomic mass is 9.97. The van der Waals surface area contributed by atoms with E-state index in [1.807, 2.05) is 32.0 Å². The molecule has 1 aromatic carbocycles. The molecule has 178 valence electrons. The minimum absolute atomic E-state index is 0.00771. The van der Waals surface area contributed by atoms with Crippen molar-refractivity contribution in [1.29, 1.82) is 0 Å². The van der Waals surface area contributed by atoms with Crippen LogP contribution in [0.1, 0.15) is 48.8 Å². The van der Waals surface area contributed by atoms with Crippen molar-refractivity contribution < 1.29 is 13.2 Å². The maximum atomic E-state index is 13.0. The molecule has 8 heteroatoms. The Morgan fingerprint density at radius 3 is 2.45 bits per heavy atom. The third kappa shape index (κ3) is 5.38. The minimum atomic E-state index is -3.54. The standard InChI is InChI=1S/C25H34N4O3S/c1-19-8-9-23(17-20(19)2)33(31,32)29-15-10-21(11-16-29)25(30)27-18-22-7-6-12-26-24(22)28-13-4-3-5-14-28/h6-9,12,17,21H,3-5,10-11,13-16,18H2,1-2H3,(H,27,30). The van der Waals surface area contributed by atoms with Crippen LogP contribution in [-0.2, 0) is 21.4 Å². The van der Waals surface area contributed by atoms with Gasteiger partial charge in [-0.1, -0.05) is 12.1 Å². The smallest absolute Gasteiger partial charge is 0.243 e. The maximum Gasteiger partial charge on any atom is 0.243 e. The van der Waals surface area contributed by atoms with E-state index in [1.54, 1.807) is 18.3 Å². The van der Waals surface area contributed by atoms with Gasteiger partial charge in [0.25, 0.3) is 0 Å². The lowest BCUT2D eigenvalue weighted by Crippen LogP contribution is -2.43. The number of aryl methyl sites for hydroxylation is 2. The van der Waals surface area contributed by atoms with Crippen LogP contribution in [0.5, 0.6) is 0 Å². The van der Waals surface area contributed by atoms with Gasteiger partial charge in [-0.2, -0.15) is 4.31 Å². The molecule has 0 radical (unpaired) electrons. The lowest BCUT2D eigenvalue weighted by Gasteiger charge is -2.31. The zero-order chi connectivity index (χ0) is 23.4. The number of piperidine rings is 2. The normalized spacial score (nSPS) is 18.3. The summed E-state index contributed by atoms with van der Waals surface area (Å²) in [5.74, 6) is 0.782. The van der Waals surface area contributed by atoms with E-state index in [1.165, 1.54) is 23.6 Å². The second-order valence-corrected chi connectivity index (χ2v) is 11.1. The number of sulfonamides is 1. The van der Waals surface area contributed by atoms with Crippen molar-refractivity contribution in [3.8, 4) is 0 Å². The summed E-state index contributed by atoms with van der Waals surface area (Å²) in [5, 5.41) is 3.07. The van der Waals surface area contributed by atoms with E-state index in [0.29, 0.717) is 37.4 Å². The highest BCUT2D eigenvalue weighted by Crippen LogP contribution is 2.26. The van der Waals surface area contributed by atoms with Gasteiger partial charge in [0.15, 0.2) is 0 Å². The molecule has 2 aromatic rings. The average Bonchev–Trinajstić information content (AvgIpc) is 2.85. The molecule has 2 aliphatic rings. The molecule has 0 aliphatic carbocycles. The van der Waals surface area contributed by atoms with Crippen LogP contribution in [-0.4, -0.2) is 49.8 Å². The van der Waals surface area contributed by atoms with Gasteiger partial charge >= 0.3 is 0 Å². The number of pyridine rings is 1. The number of rotatable bonds is 6. The van der Waals surface area contributed by atoms with E-state index < -0.39 is 10.0 Å². The molecule has 2 fully saturated rings. The number of benzene rings is 1. The highest BCUT2D eigenvalue weighted by molar-refractivity contribution is 7.89. The van der Waals surface area contributed by atoms with Crippen molar-refractivity contribution >= 4 is 21.7 Å². The second-order valence-electron chi connectivity index (χ2n) is 9.18. The Morgan fingerprint density at radius 2 is 1.76 bits per heavy atom. The van der Waals surface area contributed by atoms with Crippen LogP contribution < -0.4 is 10.2 Å². The van der Waals surface area contributed by atoms with Crippen LogP contribution in [0, 0.1) is 19.8 Å². The number of aromatic nitrogens is 1. The Labute approximate surface area is 197 Å². The number of amides is 1. The van der Waals surface area contributed by atoms with Crippen molar-refractivity contribution in [3.05, 3.63) is 53.2 Å². The van der Waals surface area contributed by atoms with E-state index in [9.17, 15) is 13.2 Å². The molecule has 4 rings (SSSR count). The molecule has 0 spiro atoms. The topological polar surface area (TPSA) is 82.6 Å². The molecule has 2 saturated heterocycles. The first-order chi connectivity index (χ1) is 15.9. The lowest BCUT2D eigenvalue weighted by molar-refractivity contribution is -0.126. The highest BCUT2D eigenvalue weighted by atomic mass is 32.2. The van der Waals surface area contributed by atoms with Crippen molar-refractivity contribution in [2.45, 2.75) is 57.4 Å². The zero-order valence-electron chi connectivity index (χ0n) is 19.6. The zero-order valence-corrected chi connectivity index (χ0v) is 20.4. The van der Waals surface area contributed by atoms with Gasteiger partial charge in [-0.25, -0.2) is 13.4 Å². The molecule has 0 saturated carbocycles. The summed E-state index contributed by atoms with van der Waals surface area (Å²) in [6, 6.07) is 9.18. The number of hydrogen-bond donors (Lipinski definition) is 1. The number of carbonyl (C=O) groups is 1. The molecule has 1 amide bonds. The van der Waals surface area contributed by atoms with E-state index >= 15 is 0 Å². The summed E-state index contributed by atoms with van der Waals surface area (Å²) < 4.78 is 27.6. The average molecular weight is 471 g/mol. The molecule has 0 bridgehead atoms. The Balaban J connectivity index is 1.33. The molecule has 0 atom stereocenters. The van der Waals surface area contributed by atoms with E-state index in [4.69, 9.17) is 0 Å². The molecule has 7 nitrogen and oxygen atoms in total. The van der Waals surface area contributed by atoms with Gasteiger partial charge in [-0.3, -0.25) is 4.79 Å². The summed E-state index contributed by atoms with van der Waals surface area (Å²) in [7, 11) is -3.54. The predicted octanol–water partition coefficient (Wildman–Crippen LogP) is 3.41. The summed E-state index contributed by atoms with van der Waals surface area (Å²) in [4.78, 5) is 20.1. The molecule has 1 aromatic heterocycles. The van der Waals surface area contributed by atoms with Gasteiger partial charge in [-0.05, 0) is 75.3 Å². The highest BCUT2D eigenvalue weighted by Gasteiger charge is 2.32. The quantitative estimate of drug-likeness (QED) is 0.700. The summed E-state index contributed by atoms with van der Waals surface area (Å²) >= 11 is 0. The molecule has 1 N–H and O–H groups in total. The number of anilines is 1. The van der Waals surface area contributed by atoms with Crippen LogP contribution in [0.15, 0.2) is 41.4 Å². The van der Waals surface area contributed by atoms with Gasteiger partial charge in [0, 0.05) is 50.4 Å². The SMILES string of the molecule is Cc1ccc(S(=O)(=O)N2CCC(C(=O)NCc3cccnc3N3CCCCC3)CC2)cc1C. The van der Waals surface area contributed by atoms with Crippen molar-refractivity contribution in [1.82, 2.24) is 14.6 Å². The van der Waals surface area contributed by atoms with Gasteiger partial charge in [0.2, 0.25) is 15.9 Å². The molecule has 0 unspecified atom stereocenters. The number of nitrogens with zero attached hydrogens (tertiary/aromatic N) is 3. The van der Waals surface area contributed by atoms with E-state index in [0.717, 1.165) is 35.6 Å². The van der Waals surface area contributed by atoms with Crippen LogP contribution in [0.3, 0.4) is 0 Å². The Bertz CT molecular complexity index is 1090. The third-order valence-corrected chi connectivity index (χ3v) is 8.81. The van der Waals surface area contributed by atoms with Gasteiger partial charge < -0.3 is 10.2 Å². The van der Waals surface area contributed by atoms with Crippen molar-refractivity contribution in [2.75, 3.05) is 31.1 Å². The largest absolute Gasteiger partial charge is 0.356 e. The molecule has 2 aliphatic heterocycles. The maximum absolute atomic E-state index is 13.0. The van der Waals surface area contributed by atoms with Crippen molar-refractivity contribution in [2.24, 2.45) is 5.92 Å². The first kappa shape index (κ1) is 23.7. The molecule has 33 heavy (non-hydrogen) atoms. The molecular formula is C25H34N4O3S. The summed E-state index contributed by atoms with van der Waals surface area (Å²) in [6.45, 7) is 7.07. The number of carbonyl (C=O) groups excluding carboxylic acids is 1. The Hall–Kier alpha value is -2.45. The van der Waals surface area contributed by atoms with Crippen LogP contribution >= 0.6 is 0 Å². The third-order valence-electron chi connectivity index (χ3n) is 6.92. The molecular weight excluding hydrogens is 436 g/mol. The van der Waals surface area contributed by atoms with E-state index in [2.05, 4.69) is 15.2 Å². The fourth-order valence-corrected chi connectivity index (χ4v) is 6.22. The monoisotopic (exact) mass is 470 g/mol. The Kier molecular flexibility index (Phi) is 7.34. The number of nitrogens with one attached hydrogen (secondary N) is 1. The fourth-order valence-electron chi connectivity index (χ4n) is 4.67. The number of hydrogen-bond acceptors (Lipinski definition) is 5. The van der Waals surface area contributed by atoms with Crippen LogP contribution in [0.2, 0.25) is 0 Å². The molecule has 3 heterocycles. The first-order valence-corrected chi connectivity index (χ1v) is 13.3. The second kappa shape index (κ2) is 10.2. The van der Waals surface area contributed by atoms with Crippen LogP contribution in [0.4, 0.5) is 5.82 Å². The van der Waals surface area contributed by atoms with Crippen LogP contribution in [0.25, 0.3) is 0 Å². The fraction of sp³-hybridized carbons (Fsp3) is 0.520. The summed E-state index contributed by atoms with van der Waals surface area (Å²) in [5.41, 5.74) is 3.06. The first-order valence-electron chi connectivity index (χ1n) is 11.9. The Morgan fingerprint density at radius 1 is 1.03 bits per heavy atom. The summed E-state index contributed by atoms with van der Waals surface area (Å²) in [6.07, 6.45) is 6.47. The predicted molar refractivity (Wildman–Crippen MR) is 130 cm³/mol. The van der Waals surface area contributed by atoms with Crippen molar-refractivity contribution in [3.63, 3.8) is 0 Å². The van der Waals surface area contributed by atoms with Gasteiger partial charge in [0.1, 0.15) is 5.82 Å². The minimum Gasteiger partial charge on any atom is -0.356 e. The van der Waals surface area contributed by atoms with E-state index in [-0.39, 0.29) is 11.8 Å². The van der Waals surface area contributed by atoms with Gasteiger partial charge in [-0.15, -0.1) is 0 Å². The van der Waals surface area contributed by atoms with Gasteiger partial charge in [0.05, 0.1) is 4.90 Å².